The Morgan fingerprint density at radius 1 is 1.34 bits per heavy atom. The molecular formula is C21H24F2N4O2. The monoisotopic (exact) mass is 402 g/mol. The second-order valence-corrected chi connectivity index (χ2v) is 8.30. The molecular weight excluding hydrogens is 378 g/mol. The third-order valence-electron chi connectivity index (χ3n) is 6.51. The number of aliphatic hydroxyl groups is 1. The lowest BCUT2D eigenvalue weighted by Gasteiger charge is -2.22. The molecule has 0 radical (unpaired) electrons. The minimum absolute atomic E-state index is 0.137. The number of carbonyl (C=O) groups excluding carboxylic acids is 1. The highest BCUT2D eigenvalue weighted by molar-refractivity contribution is 5.94. The van der Waals surface area contributed by atoms with Gasteiger partial charge in [0.1, 0.15) is 11.5 Å². The lowest BCUT2D eigenvalue weighted by atomic mass is 10.1. The maximum atomic E-state index is 14.4. The van der Waals surface area contributed by atoms with E-state index in [4.69, 9.17) is 0 Å². The number of nitrogens with zero attached hydrogens (tertiary/aromatic N) is 3. The molecule has 1 saturated heterocycles. The number of nitrogens with one attached hydrogen (secondary N) is 1. The van der Waals surface area contributed by atoms with Gasteiger partial charge in [0.2, 0.25) is 0 Å². The lowest BCUT2D eigenvalue weighted by Crippen LogP contribution is -2.39. The van der Waals surface area contributed by atoms with E-state index >= 15 is 0 Å². The van der Waals surface area contributed by atoms with Crippen molar-refractivity contribution in [2.75, 3.05) is 26.2 Å². The van der Waals surface area contributed by atoms with E-state index in [-0.39, 0.29) is 24.2 Å². The van der Waals surface area contributed by atoms with Crippen molar-refractivity contribution in [3.05, 3.63) is 46.8 Å². The SMILES string of the molecule is O=C(NCCN1CCC[C@@H]1CO)c1nn(-c2ccc(F)cc2F)c2c1C[C@H]1C[C@@H]21. The molecule has 2 heterocycles. The molecule has 29 heavy (non-hydrogen) atoms. The van der Waals surface area contributed by atoms with Gasteiger partial charge in [-0.05, 0) is 50.3 Å². The lowest BCUT2D eigenvalue weighted by molar-refractivity contribution is 0.0936. The Bertz CT molecular complexity index is 960. The first kappa shape index (κ1) is 18.7. The van der Waals surface area contributed by atoms with Crippen LogP contribution in [0, 0.1) is 17.6 Å². The number of aromatic nitrogens is 2. The predicted octanol–water partition coefficient (Wildman–Crippen LogP) is 2.00. The summed E-state index contributed by atoms with van der Waals surface area (Å²) >= 11 is 0. The Labute approximate surface area is 167 Å². The fourth-order valence-corrected chi connectivity index (χ4v) is 4.93. The maximum absolute atomic E-state index is 14.4. The van der Waals surface area contributed by atoms with Crippen molar-refractivity contribution >= 4 is 5.91 Å². The summed E-state index contributed by atoms with van der Waals surface area (Å²) in [4.78, 5) is 15.0. The summed E-state index contributed by atoms with van der Waals surface area (Å²) in [5, 5.41) is 16.8. The maximum Gasteiger partial charge on any atom is 0.272 e. The summed E-state index contributed by atoms with van der Waals surface area (Å²) in [5.41, 5.74) is 2.31. The number of amides is 1. The van der Waals surface area contributed by atoms with Gasteiger partial charge in [0.15, 0.2) is 11.5 Å². The van der Waals surface area contributed by atoms with E-state index in [1.807, 2.05) is 0 Å². The summed E-state index contributed by atoms with van der Waals surface area (Å²) in [6, 6.07) is 3.59. The van der Waals surface area contributed by atoms with Gasteiger partial charge >= 0.3 is 0 Å². The zero-order valence-electron chi connectivity index (χ0n) is 16.1. The van der Waals surface area contributed by atoms with Crippen molar-refractivity contribution in [3.8, 4) is 5.69 Å². The molecule has 1 amide bonds. The average molecular weight is 402 g/mol. The summed E-state index contributed by atoms with van der Waals surface area (Å²) in [7, 11) is 0. The van der Waals surface area contributed by atoms with Gasteiger partial charge in [-0.25, -0.2) is 13.5 Å². The molecule has 2 aliphatic carbocycles. The molecule has 1 saturated carbocycles. The van der Waals surface area contributed by atoms with E-state index in [0.29, 0.717) is 30.6 Å². The highest BCUT2D eigenvalue weighted by atomic mass is 19.1. The molecule has 5 rings (SSSR count). The van der Waals surface area contributed by atoms with Crippen LogP contribution in [0.3, 0.4) is 0 Å². The van der Waals surface area contributed by atoms with Gasteiger partial charge in [0.05, 0.1) is 12.3 Å². The highest BCUT2D eigenvalue weighted by Crippen LogP contribution is 2.57. The van der Waals surface area contributed by atoms with E-state index in [9.17, 15) is 18.7 Å². The fraction of sp³-hybridized carbons (Fsp3) is 0.524. The van der Waals surface area contributed by atoms with Crippen LogP contribution in [-0.4, -0.2) is 58.0 Å². The Hall–Kier alpha value is -2.32. The van der Waals surface area contributed by atoms with E-state index in [2.05, 4.69) is 15.3 Å². The van der Waals surface area contributed by atoms with E-state index in [1.54, 1.807) is 0 Å². The molecule has 1 aromatic carbocycles. The number of carbonyl (C=O) groups is 1. The first-order valence-electron chi connectivity index (χ1n) is 10.3. The summed E-state index contributed by atoms with van der Waals surface area (Å²) in [6.07, 6.45) is 3.85. The van der Waals surface area contributed by atoms with Crippen molar-refractivity contribution in [2.45, 2.75) is 37.6 Å². The molecule has 0 spiro atoms. The molecule has 2 fully saturated rings. The Balaban J connectivity index is 1.36. The van der Waals surface area contributed by atoms with Crippen LogP contribution in [-0.2, 0) is 6.42 Å². The third-order valence-corrected chi connectivity index (χ3v) is 6.51. The van der Waals surface area contributed by atoms with Crippen molar-refractivity contribution in [3.63, 3.8) is 0 Å². The van der Waals surface area contributed by atoms with Gasteiger partial charge in [-0.1, -0.05) is 0 Å². The highest BCUT2D eigenvalue weighted by Gasteiger charge is 2.50. The normalized spacial score (nSPS) is 25.1. The number of hydrogen-bond donors (Lipinski definition) is 2. The van der Waals surface area contributed by atoms with E-state index < -0.39 is 11.6 Å². The smallest absolute Gasteiger partial charge is 0.272 e. The van der Waals surface area contributed by atoms with Gasteiger partial charge in [-0.2, -0.15) is 5.10 Å². The molecule has 154 valence electrons. The first-order chi connectivity index (χ1) is 14.1. The first-order valence-corrected chi connectivity index (χ1v) is 10.3. The van der Waals surface area contributed by atoms with Gasteiger partial charge < -0.3 is 10.4 Å². The second-order valence-electron chi connectivity index (χ2n) is 8.30. The van der Waals surface area contributed by atoms with Gasteiger partial charge in [0, 0.05) is 36.7 Å². The van der Waals surface area contributed by atoms with Gasteiger partial charge in [0.25, 0.3) is 5.91 Å². The number of rotatable bonds is 6. The van der Waals surface area contributed by atoms with Crippen LogP contribution in [0.1, 0.15) is 46.9 Å². The minimum Gasteiger partial charge on any atom is -0.395 e. The van der Waals surface area contributed by atoms with Gasteiger partial charge in [-0.15, -0.1) is 0 Å². The van der Waals surface area contributed by atoms with Crippen molar-refractivity contribution in [2.24, 2.45) is 5.92 Å². The van der Waals surface area contributed by atoms with Crippen molar-refractivity contribution in [1.29, 1.82) is 0 Å². The second kappa shape index (κ2) is 7.18. The summed E-state index contributed by atoms with van der Waals surface area (Å²) < 4.78 is 29.2. The number of halogens is 2. The molecule has 1 aromatic heterocycles. The molecule has 2 N–H and O–H groups in total. The topological polar surface area (TPSA) is 70.4 Å². The Morgan fingerprint density at radius 2 is 2.21 bits per heavy atom. The zero-order chi connectivity index (χ0) is 20.1. The van der Waals surface area contributed by atoms with Crippen LogP contribution < -0.4 is 5.32 Å². The largest absolute Gasteiger partial charge is 0.395 e. The van der Waals surface area contributed by atoms with E-state index in [1.165, 1.54) is 16.8 Å². The van der Waals surface area contributed by atoms with Crippen LogP contribution in [0.2, 0.25) is 0 Å². The van der Waals surface area contributed by atoms with Crippen LogP contribution in [0.25, 0.3) is 5.69 Å². The predicted molar refractivity (Wildman–Crippen MR) is 102 cm³/mol. The minimum atomic E-state index is -0.685. The average Bonchev–Trinajstić information content (AvgIpc) is 3.05. The van der Waals surface area contributed by atoms with Crippen LogP contribution in [0.5, 0.6) is 0 Å². The fourth-order valence-electron chi connectivity index (χ4n) is 4.93. The molecule has 0 unspecified atom stereocenters. The number of benzene rings is 1. The molecule has 2 aromatic rings. The molecule has 6 nitrogen and oxygen atoms in total. The van der Waals surface area contributed by atoms with Crippen LogP contribution in [0.4, 0.5) is 8.78 Å². The number of hydrogen-bond acceptors (Lipinski definition) is 4. The van der Waals surface area contributed by atoms with Crippen molar-refractivity contribution < 1.29 is 18.7 Å². The number of aliphatic hydroxyl groups excluding tert-OH is 1. The molecule has 3 atom stereocenters. The molecule has 1 aliphatic heterocycles. The van der Waals surface area contributed by atoms with Crippen LogP contribution in [0.15, 0.2) is 18.2 Å². The molecule has 3 aliphatic rings. The molecule has 0 bridgehead atoms. The zero-order valence-corrected chi connectivity index (χ0v) is 16.1. The standard InChI is InChI=1S/C21H24F2N4O2/c22-13-3-4-18(17(23)10-13)27-20-15-8-12(15)9-16(20)19(25-27)21(29)24-5-7-26-6-1-2-14(26)11-28/h3-4,10,12,14-15,28H,1-2,5-9,11H2,(H,24,29)/t12-,14-,15-/m1/s1. The molecule has 8 heteroatoms. The summed E-state index contributed by atoms with van der Waals surface area (Å²) in [6.45, 7) is 2.21. The number of likely N-dealkylation sites (tertiary alicyclic amines) is 1. The number of fused-ring (bicyclic) bond motifs is 3. The Kier molecular flexibility index (Phi) is 4.63. The van der Waals surface area contributed by atoms with E-state index in [0.717, 1.165) is 49.6 Å². The third kappa shape index (κ3) is 3.24. The Morgan fingerprint density at radius 3 is 3.00 bits per heavy atom. The summed E-state index contributed by atoms with van der Waals surface area (Å²) in [5.74, 6) is -0.781. The quantitative estimate of drug-likeness (QED) is 0.776. The van der Waals surface area contributed by atoms with Gasteiger partial charge in [-0.3, -0.25) is 9.69 Å². The van der Waals surface area contributed by atoms with Crippen LogP contribution >= 0.6 is 0 Å². The van der Waals surface area contributed by atoms with Crippen molar-refractivity contribution in [1.82, 2.24) is 20.0 Å².